The van der Waals surface area contributed by atoms with Crippen molar-refractivity contribution in [3.63, 3.8) is 0 Å². The lowest BCUT2D eigenvalue weighted by Gasteiger charge is -2.37. The first-order chi connectivity index (χ1) is 19.6. The number of aryl methyl sites for hydroxylation is 1. The van der Waals surface area contributed by atoms with Gasteiger partial charge in [0.05, 0.1) is 11.9 Å². The van der Waals surface area contributed by atoms with Gasteiger partial charge in [-0.25, -0.2) is 20.0 Å². The Bertz CT molecular complexity index is 1450. The topological polar surface area (TPSA) is 110 Å². The first-order valence-corrected chi connectivity index (χ1v) is 13.0. The molecule has 1 unspecified atom stereocenters. The van der Waals surface area contributed by atoms with Crippen LogP contribution in [0.25, 0.3) is 0 Å². The molecular weight excluding hydrogens is 535 g/mol. The van der Waals surface area contributed by atoms with Gasteiger partial charge in [-0.05, 0) is 49.9 Å². The molecule has 2 aliphatic rings. The number of hydrogen-bond acceptors (Lipinski definition) is 9. The van der Waals surface area contributed by atoms with Crippen molar-refractivity contribution in [3.05, 3.63) is 95.3 Å². The number of nitrogens with zero attached hydrogens (tertiary/aromatic N) is 5. The van der Waals surface area contributed by atoms with Crippen molar-refractivity contribution < 1.29 is 18.0 Å². The van der Waals surface area contributed by atoms with Crippen LogP contribution in [0.3, 0.4) is 0 Å². The van der Waals surface area contributed by atoms with Gasteiger partial charge in [-0.2, -0.15) is 13.2 Å². The SMILES string of the molecule is Cc1ccc(NC(=O)c2cccc(C(F)(F)F)c2)cc1NC1(c2cncnc2)C=C(NN2CCN(C)CC2)NC=N1. The number of carbonyl (C=O) groups excluding carboxylic acids is 1. The molecule has 0 saturated carbocycles. The molecule has 1 aromatic heterocycles. The quantitative estimate of drug-likeness (QED) is 0.345. The third-order valence-electron chi connectivity index (χ3n) is 6.90. The summed E-state index contributed by atoms with van der Waals surface area (Å²) in [6.45, 7) is 5.45. The summed E-state index contributed by atoms with van der Waals surface area (Å²) in [6.07, 6.45) is 3.71. The summed E-state index contributed by atoms with van der Waals surface area (Å²) in [4.78, 5) is 28.2. The number of alkyl halides is 3. The molecule has 1 saturated heterocycles. The van der Waals surface area contributed by atoms with Crippen molar-refractivity contribution in [2.24, 2.45) is 4.99 Å². The number of aromatic nitrogens is 2. The van der Waals surface area contributed by atoms with Crippen LogP contribution in [-0.2, 0) is 11.8 Å². The fourth-order valence-corrected chi connectivity index (χ4v) is 4.52. The second kappa shape index (κ2) is 11.6. The Morgan fingerprint density at radius 3 is 2.54 bits per heavy atom. The lowest BCUT2D eigenvalue weighted by atomic mass is 10.00. The van der Waals surface area contributed by atoms with Crippen LogP contribution in [0.2, 0.25) is 0 Å². The predicted molar refractivity (Wildman–Crippen MR) is 150 cm³/mol. The normalized spacial score (nSPS) is 19.7. The fourth-order valence-electron chi connectivity index (χ4n) is 4.52. The van der Waals surface area contributed by atoms with Crippen molar-refractivity contribution in [1.29, 1.82) is 0 Å². The molecule has 41 heavy (non-hydrogen) atoms. The van der Waals surface area contributed by atoms with E-state index >= 15 is 0 Å². The van der Waals surface area contributed by atoms with E-state index in [9.17, 15) is 18.0 Å². The van der Waals surface area contributed by atoms with E-state index in [-0.39, 0.29) is 5.56 Å². The summed E-state index contributed by atoms with van der Waals surface area (Å²) in [5, 5.41) is 11.5. The smallest absolute Gasteiger partial charge is 0.354 e. The molecule has 3 heterocycles. The predicted octanol–water partition coefficient (Wildman–Crippen LogP) is 3.55. The molecule has 2 aromatic carbocycles. The number of benzene rings is 2. The molecule has 4 N–H and O–H groups in total. The van der Waals surface area contributed by atoms with Gasteiger partial charge in [-0.1, -0.05) is 12.1 Å². The van der Waals surface area contributed by atoms with Crippen molar-refractivity contribution >= 4 is 23.6 Å². The van der Waals surface area contributed by atoms with Gasteiger partial charge < -0.3 is 26.3 Å². The Morgan fingerprint density at radius 1 is 1.05 bits per heavy atom. The monoisotopic (exact) mass is 565 g/mol. The molecule has 10 nitrogen and oxygen atoms in total. The van der Waals surface area contributed by atoms with E-state index in [4.69, 9.17) is 4.99 Å². The molecule has 0 spiro atoms. The summed E-state index contributed by atoms with van der Waals surface area (Å²) >= 11 is 0. The second-order valence-electron chi connectivity index (χ2n) is 9.94. The maximum Gasteiger partial charge on any atom is 0.416 e. The molecule has 1 atom stereocenters. The van der Waals surface area contributed by atoms with E-state index in [0.29, 0.717) is 22.8 Å². The molecule has 0 aliphatic carbocycles. The van der Waals surface area contributed by atoms with E-state index in [1.807, 2.05) is 13.0 Å². The fraction of sp³-hybridized carbons (Fsp3) is 0.286. The highest BCUT2D eigenvalue weighted by molar-refractivity contribution is 6.04. The Labute approximate surface area is 235 Å². The summed E-state index contributed by atoms with van der Waals surface area (Å²) in [6, 6.07) is 9.51. The Balaban J connectivity index is 1.41. The number of aliphatic imine (C=N–C) groups is 1. The number of likely N-dealkylation sites (N-methyl/N-ethyl adjacent to an activating group) is 1. The lowest BCUT2D eigenvalue weighted by Crippen LogP contribution is -2.53. The average molecular weight is 566 g/mol. The van der Waals surface area contributed by atoms with Crippen LogP contribution in [0, 0.1) is 6.92 Å². The van der Waals surface area contributed by atoms with Crippen LogP contribution in [0.5, 0.6) is 0 Å². The van der Waals surface area contributed by atoms with Gasteiger partial charge in [0.2, 0.25) is 0 Å². The first-order valence-electron chi connectivity index (χ1n) is 13.0. The minimum absolute atomic E-state index is 0.0988. The molecule has 1 amide bonds. The van der Waals surface area contributed by atoms with Gasteiger partial charge >= 0.3 is 6.18 Å². The van der Waals surface area contributed by atoms with E-state index in [2.05, 4.69) is 48.3 Å². The summed E-state index contributed by atoms with van der Waals surface area (Å²) in [5.74, 6) is 0.0584. The minimum Gasteiger partial charge on any atom is -0.354 e. The summed E-state index contributed by atoms with van der Waals surface area (Å²) in [5.41, 5.74) is 3.91. The largest absolute Gasteiger partial charge is 0.416 e. The zero-order chi connectivity index (χ0) is 29.0. The number of anilines is 2. The number of halogens is 3. The van der Waals surface area contributed by atoms with E-state index in [0.717, 1.165) is 43.9 Å². The number of hydrogen-bond donors (Lipinski definition) is 4. The standard InChI is InChI=1S/C28H30F3N9O/c1-19-6-7-23(36-26(41)20-4-3-5-21(12-20)28(29,30)31)13-24(19)37-27(22-15-32-17-33-16-22)14-25(34-18-35-27)38-40-10-8-39(2)9-11-40/h3-7,12-18,37-38H,8-11H2,1-2H3,(H,34,35)(H,36,41). The van der Waals surface area contributed by atoms with Gasteiger partial charge in [0.15, 0.2) is 5.66 Å². The number of rotatable bonds is 7. The van der Waals surface area contributed by atoms with Crippen LogP contribution in [-0.4, -0.2) is 65.3 Å². The number of piperazine rings is 1. The molecule has 13 heteroatoms. The zero-order valence-corrected chi connectivity index (χ0v) is 22.5. The molecular formula is C28H30F3N9O. The third-order valence-corrected chi connectivity index (χ3v) is 6.90. The van der Waals surface area contributed by atoms with Gasteiger partial charge in [0, 0.05) is 67.2 Å². The zero-order valence-electron chi connectivity index (χ0n) is 22.5. The average Bonchev–Trinajstić information content (AvgIpc) is 2.96. The Morgan fingerprint density at radius 2 is 1.80 bits per heavy atom. The highest BCUT2D eigenvalue weighted by Crippen LogP contribution is 2.34. The van der Waals surface area contributed by atoms with Crippen LogP contribution < -0.4 is 21.4 Å². The van der Waals surface area contributed by atoms with E-state index in [1.54, 1.807) is 36.9 Å². The molecule has 5 rings (SSSR count). The lowest BCUT2D eigenvalue weighted by molar-refractivity contribution is -0.137. The highest BCUT2D eigenvalue weighted by Gasteiger charge is 2.34. The number of carbonyl (C=O) groups is 1. The molecule has 214 valence electrons. The van der Waals surface area contributed by atoms with E-state index in [1.165, 1.54) is 18.5 Å². The first kappa shape index (κ1) is 28.1. The van der Waals surface area contributed by atoms with Crippen LogP contribution in [0.1, 0.15) is 27.0 Å². The maximum absolute atomic E-state index is 13.2. The second-order valence-corrected chi connectivity index (χ2v) is 9.94. The van der Waals surface area contributed by atoms with Gasteiger partial charge in [0.1, 0.15) is 12.1 Å². The highest BCUT2D eigenvalue weighted by atomic mass is 19.4. The summed E-state index contributed by atoms with van der Waals surface area (Å²) < 4.78 is 39.5. The molecule has 3 aromatic rings. The number of amides is 1. The van der Waals surface area contributed by atoms with E-state index < -0.39 is 23.3 Å². The number of nitrogens with one attached hydrogen (secondary N) is 4. The van der Waals surface area contributed by atoms with Crippen molar-refractivity contribution in [3.8, 4) is 0 Å². The minimum atomic E-state index is -4.55. The Hall–Kier alpha value is -4.49. The maximum atomic E-state index is 13.2. The molecule has 2 aliphatic heterocycles. The van der Waals surface area contributed by atoms with Gasteiger partial charge in [-0.15, -0.1) is 0 Å². The van der Waals surface area contributed by atoms with Gasteiger partial charge in [-0.3, -0.25) is 4.79 Å². The molecule has 1 fully saturated rings. The van der Waals surface area contributed by atoms with Crippen LogP contribution in [0.15, 0.2) is 78.1 Å². The van der Waals surface area contributed by atoms with Crippen molar-refractivity contribution in [2.45, 2.75) is 18.8 Å². The number of hydrazine groups is 1. The van der Waals surface area contributed by atoms with Gasteiger partial charge in [0.25, 0.3) is 5.91 Å². The summed E-state index contributed by atoms with van der Waals surface area (Å²) in [7, 11) is 2.09. The van der Waals surface area contributed by atoms with Crippen LogP contribution in [0.4, 0.5) is 24.5 Å². The van der Waals surface area contributed by atoms with Crippen LogP contribution >= 0.6 is 0 Å². The molecule has 0 bridgehead atoms. The third kappa shape index (κ3) is 6.64. The van der Waals surface area contributed by atoms with Crippen molar-refractivity contribution in [1.82, 2.24) is 30.6 Å². The Kier molecular flexibility index (Phi) is 7.90. The van der Waals surface area contributed by atoms with Crippen molar-refractivity contribution in [2.75, 3.05) is 43.9 Å². The molecule has 0 radical (unpaired) electrons.